The van der Waals surface area contributed by atoms with Crippen LogP contribution in [0.15, 0.2) is 53.5 Å². The summed E-state index contributed by atoms with van der Waals surface area (Å²) in [6.07, 6.45) is 1.71. The molecule has 3 aromatic rings. The molecule has 0 amide bonds. The number of benzene rings is 1. The zero-order chi connectivity index (χ0) is 15.8. The van der Waals surface area contributed by atoms with Gasteiger partial charge >= 0.3 is 0 Å². The van der Waals surface area contributed by atoms with E-state index in [0.717, 1.165) is 23.3 Å². The van der Waals surface area contributed by atoms with Gasteiger partial charge in [-0.15, -0.1) is 0 Å². The minimum Gasteiger partial charge on any atom is -0.369 e. The lowest BCUT2D eigenvalue weighted by Crippen LogP contribution is -2.23. The van der Waals surface area contributed by atoms with Crippen LogP contribution in [0.4, 0.5) is 11.6 Å². The highest BCUT2D eigenvalue weighted by Crippen LogP contribution is 2.27. The van der Waals surface area contributed by atoms with Crippen LogP contribution in [0.25, 0.3) is 10.8 Å². The Balaban J connectivity index is 1.91. The number of fused-ring (bicyclic) bond motifs is 2. The molecule has 0 fully saturated rings. The molecule has 3 heterocycles. The monoisotopic (exact) mass is 322 g/mol. The van der Waals surface area contributed by atoms with Crippen molar-refractivity contribution in [2.24, 2.45) is 0 Å². The minimum atomic E-state index is 0.0185. The maximum absolute atomic E-state index is 12.6. The first-order chi connectivity index (χ1) is 11.3. The summed E-state index contributed by atoms with van der Waals surface area (Å²) in [5, 5.41) is 7.98. The Morgan fingerprint density at radius 3 is 2.74 bits per heavy atom. The molecular weight excluding hydrogens is 308 g/mol. The van der Waals surface area contributed by atoms with Gasteiger partial charge in [0, 0.05) is 30.1 Å². The highest BCUT2D eigenvalue weighted by Gasteiger charge is 2.22. The van der Waals surface area contributed by atoms with Crippen LogP contribution >= 0.6 is 12.2 Å². The molecule has 5 nitrogen and oxygen atoms in total. The van der Waals surface area contributed by atoms with Gasteiger partial charge in [-0.05, 0) is 18.2 Å². The molecule has 0 unspecified atom stereocenters. The number of thiocarbonyl (C=S) groups is 1. The summed E-state index contributed by atoms with van der Waals surface area (Å²) in [5.74, 6) is 1.46. The summed E-state index contributed by atoms with van der Waals surface area (Å²) in [4.78, 5) is 17.4. The molecule has 2 N–H and O–H groups in total. The third-order valence-corrected chi connectivity index (χ3v) is 4.25. The van der Waals surface area contributed by atoms with Gasteiger partial charge < -0.3 is 10.6 Å². The van der Waals surface area contributed by atoms with Gasteiger partial charge in [-0.2, -0.15) is 0 Å². The lowest BCUT2D eigenvalue weighted by Gasteiger charge is -2.15. The molecule has 2 aromatic heterocycles. The Morgan fingerprint density at radius 1 is 1.17 bits per heavy atom. The molecule has 1 aliphatic heterocycles. The van der Waals surface area contributed by atoms with E-state index in [0.29, 0.717) is 22.7 Å². The second-order valence-corrected chi connectivity index (χ2v) is 5.73. The molecule has 23 heavy (non-hydrogen) atoms. The summed E-state index contributed by atoms with van der Waals surface area (Å²) in [7, 11) is 0. The summed E-state index contributed by atoms with van der Waals surface area (Å²) >= 11 is 5.61. The van der Waals surface area contributed by atoms with E-state index in [9.17, 15) is 4.79 Å². The summed E-state index contributed by atoms with van der Waals surface area (Å²) in [5.41, 5.74) is 0.864. The topological polar surface area (TPSA) is 59.0 Å². The number of nitrogens with zero attached hydrogens (tertiary/aromatic N) is 2. The van der Waals surface area contributed by atoms with Crippen molar-refractivity contribution in [2.75, 3.05) is 17.2 Å². The molecule has 0 bridgehead atoms. The third-order valence-electron chi connectivity index (χ3n) is 3.94. The zero-order valence-electron chi connectivity index (χ0n) is 12.2. The van der Waals surface area contributed by atoms with E-state index < -0.39 is 0 Å². The lowest BCUT2D eigenvalue weighted by atomic mass is 10.1. The third kappa shape index (κ3) is 2.27. The average Bonchev–Trinajstić information content (AvgIpc) is 3.06. The highest BCUT2D eigenvalue weighted by molar-refractivity contribution is 7.81. The number of hydrogen-bond donors (Lipinski definition) is 2. The van der Waals surface area contributed by atoms with Gasteiger partial charge in [-0.1, -0.05) is 36.5 Å². The quantitative estimate of drug-likeness (QED) is 0.710. The van der Waals surface area contributed by atoms with E-state index in [1.165, 1.54) is 0 Å². The Kier molecular flexibility index (Phi) is 3.31. The predicted molar refractivity (Wildman–Crippen MR) is 96.3 cm³/mol. The predicted octanol–water partition coefficient (Wildman–Crippen LogP) is 2.61. The molecule has 0 aliphatic carbocycles. The molecule has 114 valence electrons. The van der Waals surface area contributed by atoms with Crippen molar-refractivity contribution in [3.63, 3.8) is 0 Å². The van der Waals surface area contributed by atoms with Crippen LogP contribution in [-0.2, 0) is 6.54 Å². The van der Waals surface area contributed by atoms with Gasteiger partial charge in [-0.25, -0.2) is 4.98 Å². The fourth-order valence-electron chi connectivity index (χ4n) is 2.93. The second-order valence-electron chi connectivity index (χ2n) is 5.32. The van der Waals surface area contributed by atoms with Crippen molar-refractivity contribution in [3.05, 3.63) is 64.6 Å². The van der Waals surface area contributed by atoms with E-state index in [1.807, 2.05) is 42.5 Å². The van der Waals surface area contributed by atoms with Gasteiger partial charge in [0.05, 0.1) is 5.56 Å². The van der Waals surface area contributed by atoms with Crippen LogP contribution in [-0.4, -0.2) is 21.1 Å². The minimum absolute atomic E-state index is 0.0185. The van der Waals surface area contributed by atoms with Crippen molar-refractivity contribution in [1.82, 2.24) is 9.55 Å². The molecule has 1 aromatic carbocycles. The van der Waals surface area contributed by atoms with Crippen LogP contribution in [0.1, 0.15) is 5.56 Å². The van der Waals surface area contributed by atoms with Crippen LogP contribution < -0.4 is 16.2 Å². The molecule has 6 heteroatoms. The molecular formula is C17H14N4OS. The summed E-state index contributed by atoms with van der Waals surface area (Å²) in [6, 6.07) is 13.2. The van der Waals surface area contributed by atoms with E-state index in [2.05, 4.69) is 15.6 Å². The first kappa shape index (κ1) is 13.9. The van der Waals surface area contributed by atoms with E-state index in [-0.39, 0.29) is 5.56 Å². The van der Waals surface area contributed by atoms with Gasteiger partial charge in [0.1, 0.15) is 16.6 Å². The molecule has 4 rings (SSSR count). The van der Waals surface area contributed by atoms with Crippen molar-refractivity contribution < 1.29 is 0 Å². The van der Waals surface area contributed by atoms with Crippen LogP contribution in [0.5, 0.6) is 0 Å². The van der Waals surface area contributed by atoms with Gasteiger partial charge in [-0.3, -0.25) is 9.36 Å². The Hall–Kier alpha value is -2.73. The Labute approximate surface area is 138 Å². The van der Waals surface area contributed by atoms with Crippen LogP contribution in [0.3, 0.4) is 0 Å². The summed E-state index contributed by atoms with van der Waals surface area (Å²) < 4.78 is 1.75. The van der Waals surface area contributed by atoms with Gasteiger partial charge in [0.2, 0.25) is 0 Å². The normalized spacial score (nSPS) is 12.7. The fourth-order valence-corrected chi connectivity index (χ4v) is 3.24. The number of nitrogens with one attached hydrogen (secondary N) is 2. The van der Waals surface area contributed by atoms with Crippen molar-refractivity contribution in [2.45, 2.75) is 6.54 Å². The van der Waals surface area contributed by atoms with Crippen LogP contribution in [0.2, 0.25) is 0 Å². The van der Waals surface area contributed by atoms with E-state index >= 15 is 0 Å². The number of rotatable bonds is 2. The number of pyridine rings is 2. The van der Waals surface area contributed by atoms with E-state index in [4.69, 9.17) is 12.2 Å². The smallest absolute Gasteiger partial charge is 0.260 e. The van der Waals surface area contributed by atoms with Gasteiger partial charge in [0.15, 0.2) is 0 Å². The molecule has 1 aliphatic rings. The molecule has 0 atom stereocenters. The second kappa shape index (κ2) is 5.48. The first-order valence-electron chi connectivity index (χ1n) is 7.37. The molecule has 0 saturated carbocycles. The average molecular weight is 322 g/mol. The Morgan fingerprint density at radius 2 is 1.96 bits per heavy atom. The standard InChI is InChI=1S/C17H14N4OS/c22-17-12-6-2-1-5-11(12)14(15-19-9-10-21(15)17)16(23)20-13-7-3-4-8-18-13/h1-8,19H,9-10H2,(H,18,20,23). The van der Waals surface area contributed by atoms with E-state index in [1.54, 1.807) is 10.8 Å². The van der Waals surface area contributed by atoms with Crippen molar-refractivity contribution >= 4 is 39.6 Å². The molecule has 0 spiro atoms. The van der Waals surface area contributed by atoms with Gasteiger partial charge in [0.25, 0.3) is 5.56 Å². The first-order valence-corrected chi connectivity index (χ1v) is 7.78. The lowest BCUT2D eigenvalue weighted by molar-refractivity contribution is 0.780. The maximum atomic E-state index is 12.6. The molecule has 0 radical (unpaired) electrons. The summed E-state index contributed by atoms with van der Waals surface area (Å²) in [6.45, 7) is 1.38. The van der Waals surface area contributed by atoms with Crippen molar-refractivity contribution in [1.29, 1.82) is 0 Å². The maximum Gasteiger partial charge on any atom is 0.260 e. The van der Waals surface area contributed by atoms with Crippen LogP contribution in [0, 0.1) is 0 Å². The highest BCUT2D eigenvalue weighted by atomic mass is 32.1. The number of aromatic nitrogens is 2. The zero-order valence-corrected chi connectivity index (χ0v) is 13.1. The number of anilines is 2. The van der Waals surface area contributed by atoms with Crippen molar-refractivity contribution in [3.8, 4) is 0 Å². The fraction of sp³-hybridized carbons (Fsp3) is 0.118. The SMILES string of the molecule is O=c1c2ccccc2c(C(=S)Nc2ccccn2)c2n1CCN2. The largest absolute Gasteiger partial charge is 0.369 e. The molecule has 0 saturated heterocycles. The Bertz CT molecular complexity index is 965. The number of hydrogen-bond acceptors (Lipinski definition) is 4.